The monoisotopic (exact) mass is 465 g/mol. The Bertz CT molecular complexity index is 890. The van der Waals surface area contributed by atoms with Crippen molar-refractivity contribution in [1.82, 2.24) is 16.0 Å². The van der Waals surface area contributed by atoms with E-state index in [1.165, 1.54) is 6.92 Å². The number of aliphatic carboxylic acids is 2. The summed E-state index contributed by atoms with van der Waals surface area (Å²) < 4.78 is 0. The Morgan fingerprint density at radius 3 is 1.82 bits per heavy atom. The number of primary amides is 1. The number of hydrogen-bond acceptors (Lipinski definition) is 7. The van der Waals surface area contributed by atoms with Crippen molar-refractivity contribution < 1.29 is 39.0 Å². The normalized spacial score (nSPS) is 14.1. The molecule has 0 aliphatic carbocycles. The van der Waals surface area contributed by atoms with Crippen LogP contribution in [0.1, 0.15) is 25.3 Å². The number of nitrogens with two attached hydrogens (primary N) is 2. The van der Waals surface area contributed by atoms with Crippen molar-refractivity contribution in [2.24, 2.45) is 11.5 Å². The van der Waals surface area contributed by atoms with Crippen molar-refractivity contribution in [3.05, 3.63) is 35.9 Å². The average molecular weight is 465 g/mol. The maximum atomic E-state index is 12.8. The average Bonchev–Trinajstić information content (AvgIpc) is 2.72. The maximum absolute atomic E-state index is 12.8. The van der Waals surface area contributed by atoms with Crippen LogP contribution in [0, 0.1) is 0 Å². The SMILES string of the molecule is CC(N)C(=O)NC(CC(=O)O)C(=O)NC(Cc1ccccc1)C(=O)NC(CC(N)=O)C(=O)O. The minimum absolute atomic E-state index is 0.0949. The van der Waals surface area contributed by atoms with E-state index in [0.717, 1.165) is 0 Å². The van der Waals surface area contributed by atoms with E-state index in [-0.39, 0.29) is 6.42 Å². The van der Waals surface area contributed by atoms with E-state index in [4.69, 9.17) is 16.6 Å². The fourth-order valence-electron chi connectivity index (χ4n) is 2.69. The number of carbonyl (C=O) groups excluding carboxylic acids is 4. The third kappa shape index (κ3) is 9.78. The summed E-state index contributed by atoms with van der Waals surface area (Å²) in [5.41, 5.74) is 11.0. The smallest absolute Gasteiger partial charge is 0.326 e. The minimum atomic E-state index is -1.64. The predicted octanol–water partition coefficient (Wildman–Crippen LogP) is -2.53. The van der Waals surface area contributed by atoms with E-state index in [9.17, 15) is 33.9 Å². The van der Waals surface area contributed by atoms with Gasteiger partial charge in [-0.25, -0.2) is 4.79 Å². The van der Waals surface area contributed by atoms with Crippen LogP contribution in [-0.4, -0.2) is 69.9 Å². The van der Waals surface area contributed by atoms with Crippen molar-refractivity contribution in [1.29, 1.82) is 0 Å². The molecule has 0 bridgehead atoms. The van der Waals surface area contributed by atoms with Crippen LogP contribution < -0.4 is 27.4 Å². The third-order valence-corrected chi connectivity index (χ3v) is 4.36. The van der Waals surface area contributed by atoms with E-state index < -0.39 is 72.6 Å². The van der Waals surface area contributed by atoms with Gasteiger partial charge in [-0.05, 0) is 12.5 Å². The number of carboxylic acid groups (broad SMARTS) is 2. The first-order valence-corrected chi connectivity index (χ1v) is 9.84. The number of rotatable bonds is 13. The predicted molar refractivity (Wildman–Crippen MR) is 113 cm³/mol. The summed E-state index contributed by atoms with van der Waals surface area (Å²) in [6.07, 6.45) is -1.56. The third-order valence-electron chi connectivity index (χ3n) is 4.36. The molecule has 33 heavy (non-hydrogen) atoms. The molecule has 4 unspecified atom stereocenters. The molecule has 0 aromatic heterocycles. The van der Waals surface area contributed by atoms with Gasteiger partial charge in [0.25, 0.3) is 0 Å². The van der Waals surface area contributed by atoms with Gasteiger partial charge in [-0.2, -0.15) is 0 Å². The van der Waals surface area contributed by atoms with E-state index in [1.54, 1.807) is 30.3 Å². The lowest BCUT2D eigenvalue weighted by atomic mass is 10.0. The lowest BCUT2D eigenvalue weighted by Gasteiger charge is -2.24. The van der Waals surface area contributed by atoms with Gasteiger partial charge in [-0.15, -0.1) is 0 Å². The first-order valence-electron chi connectivity index (χ1n) is 9.84. The van der Waals surface area contributed by atoms with Crippen LogP contribution in [0.5, 0.6) is 0 Å². The Kier molecular flexibility index (Phi) is 10.5. The molecule has 0 fully saturated rings. The Morgan fingerprint density at radius 2 is 1.33 bits per heavy atom. The minimum Gasteiger partial charge on any atom is -0.481 e. The van der Waals surface area contributed by atoms with Crippen molar-refractivity contribution in [2.75, 3.05) is 0 Å². The summed E-state index contributed by atoms with van der Waals surface area (Å²) in [7, 11) is 0. The summed E-state index contributed by atoms with van der Waals surface area (Å²) in [6, 6.07) is 2.79. The first kappa shape index (κ1) is 27.0. The molecule has 13 heteroatoms. The fraction of sp³-hybridized carbons (Fsp3) is 0.400. The lowest BCUT2D eigenvalue weighted by Crippen LogP contribution is -2.58. The Hall–Kier alpha value is -4.00. The molecule has 0 saturated carbocycles. The fourth-order valence-corrected chi connectivity index (χ4v) is 2.69. The quantitative estimate of drug-likeness (QED) is 0.162. The van der Waals surface area contributed by atoms with Gasteiger partial charge in [0, 0.05) is 6.42 Å². The maximum Gasteiger partial charge on any atom is 0.326 e. The van der Waals surface area contributed by atoms with Gasteiger partial charge in [-0.3, -0.25) is 24.0 Å². The highest BCUT2D eigenvalue weighted by molar-refractivity contribution is 5.96. The van der Waals surface area contributed by atoms with Crippen LogP contribution in [-0.2, 0) is 35.2 Å². The van der Waals surface area contributed by atoms with E-state index >= 15 is 0 Å². The summed E-state index contributed by atoms with van der Waals surface area (Å²) >= 11 is 0. The molecule has 0 saturated heterocycles. The number of hydrogen-bond donors (Lipinski definition) is 7. The molecular formula is C20H27N5O8. The molecule has 180 valence electrons. The van der Waals surface area contributed by atoms with Crippen LogP contribution >= 0.6 is 0 Å². The summed E-state index contributed by atoms with van der Waals surface area (Å²) in [6.45, 7) is 1.33. The molecule has 0 heterocycles. The van der Waals surface area contributed by atoms with Crippen LogP contribution in [0.3, 0.4) is 0 Å². The van der Waals surface area contributed by atoms with Crippen molar-refractivity contribution in [2.45, 2.75) is 50.4 Å². The molecule has 1 rings (SSSR count). The van der Waals surface area contributed by atoms with Crippen molar-refractivity contribution in [3.63, 3.8) is 0 Å². The van der Waals surface area contributed by atoms with Crippen molar-refractivity contribution in [3.8, 4) is 0 Å². The zero-order valence-corrected chi connectivity index (χ0v) is 17.8. The van der Waals surface area contributed by atoms with Gasteiger partial charge in [0.15, 0.2) is 0 Å². The first-order chi connectivity index (χ1) is 15.4. The molecule has 13 nitrogen and oxygen atoms in total. The topological polar surface area (TPSA) is 231 Å². The molecule has 1 aromatic rings. The largest absolute Gasteiger partial charge is 0.481 e. The highest BCUT2D eigenvalue weighted by Crippen LogP contribution is 2.06. The van der Waals surface area contributed by atoms with E-state index in [1.807, 2.05) is 0 Å². The molecule has 0 aliphatic rings. The molecule has 0 radical (unpaired) electrons. The Morgan fingerprint density at radius 1 is 0.818 bits per heavy atom. The van der Waals surface area contributed by atoms with Gasteiger partial charge in [0.1, 0.15) is 18.1 Å². The highest BCUT2D eigenvalue weighted by Gasteiger charge is 2.31. The van der Waals surface area contributed by atoms with Gasteiger partial charge in [0.05, 0.1) is 18.9 Å². The van der Waals surface area contributed by atoms with Crippen LogP contribution in [0.25, 0.3) is 0 Å². The highest BCUT2D eigenvalue weighted by atomic mass is 16.4. The second kappa shape index (κ2) is 12.8. The number of carbonyl (C=O) groups is 6. The molecule has 4 atom stereocenters. The Balaban J connectivity index is 3.12. The van der Waals surface area contributed by atoms with Crippen molar-refractivity contribution >= 4 is 35.6 Å². The van der Waals surface area contributed by atoms with Gasteiger partial charge < -0.3 is 37.6 Å². The van der Waals surface area contributed by atoms with Crippen LogP contribution in [0.15, 0.2) is 30.3 Å². The second-order valence-corrected chi connectivity index (χ2v) is 7.27. The molecule has 4 amide bonds. The Labute approximate surface area is 188 Å². The summed E-state index contributed by atoms with van der Waals surface area (Å²) in [4.78, 5) is 71.0. The zero-order valence-electron chi connectivity index (χ0n) is 17.8. The summed E-state index contributed by atoms with van der Waals surface area (Å²) in [5.74, 6) is -6.60. The number of nitrogens with one attached hydrogen (secondary N) is 3. The molecule has 0 aliphatic heterocycles. The standard InChI is InChI=1S/C20H27N5O8/c1-10(21)17(29)23-13(9-16(27)28)19(31)24-12(7-11-5-3-2-4-6-11)18(30)25-14(20(32)33)8-15(22)26/h2-6,10,12-14H,7-9,21H2,1H3,(H2,22,26)(H,23,29)(H,24,31)(H,25,30)(H,27,28)(H,32,33). The molecule has 0 spiro atoms. The van der Waals surface area contributed by atoms with E-state index in [0.29, 0.717) is 5.56 Å². The number of carboxylic acids is 2. The van der Waals surface area contributed by atoms with Gasteiger partial charge >= 0.3 is 11.9 Å². The van der Waals surface area contributed by atoms with E-state index in [2.05, 4.69) is 16.0 Å². The number of benzene rings is 1. The molecule has 9 N–H and O–H groups in total. The lowest BCUT2D eigenvalue weighted by molar-refractivity contribution is -0.144. The van der Waals surface area contributed by atoms with Gasteiger partial charge in [0.2, 0.25) is 23.6 Å². The second-order valence-electron chi connectivity index (χ2n) is 7.27. The molecule has 1 aromatic carbocycles. The van der Waals surface area contributed by atoms with Gasteiger partial charge in [-0.1, -0.05) is 30.3 Å². The zero-order chi connectivity index (χ0) is 25.1. The van der Waals surface area contributed by atoms with Crippen LogP contribution in [0.4, 0.5) is 0 Å². The number of amides is 4. The van der Waals surface area contributed by atoms with Crippen LogP contribution in [0.2, 0.25) is 0 Å². The summed E-state index contributed by atoms with van der Waals surface area (Å²) in [5, 5.41) is 25.0. The molecular weight excluding hydrogens is 438 g/mol.